The zero-order chi connectivity index (χ0) is 21.1. The summed E-state index contributed by atoms with van der Waals surface area (Å²) in [5.74, 6) is -0.296. The second kappa shape index (κ2) is 8.39. The highest BCUT2D eigenvalue weighted by molar-refractivity contribution is 7.92. The Bertz CT molecular complexity index is 1130. The summed E-state index contributed by atoms with van der Waals surface area (Å²) >= 11 is 0. The number of anilines is 2. The van der Waals surface area contributed by atoms with Crippen LogP contribution in [0, 0.1) is 12.7 Å². The van der Waals surface area contributed by atoms with Crippen LogP contribution in [0.1, 0.15) is 24.8 Å². The summed E-state index contributed by atoms with van der Waals surface area (Å²) in [6.45, 7) is 3.63. The molecule has 1 aliphatic rings. The van der Waals surface area contributed by atoms with Crippen molar-refractivity contribution in [2.24, 2.45) is 0 Å². The van der Waals surface area contributed by atoms with Crippen molar-refractivity contribution in [2.75, 3.05) is 22.7 Å². The maximum atomic E-state index is 14.7. The summed E-state index contributed by atoms with van der Waals surface area (Å²) < 4.78 is 42.2. The average Bonchev–Trinajstić information content (AvgIpc) is 2.75. The predicted octanol–water partition coefficient (Wildman–Crippen LogP) is 4.38. The fourth-order valence-corrected chi connectivity index (χ4v) is 4.60. The number of aryl methyl sites for hydroxylation is 1. The topological polar surface area (TPSA) is 75.2 Å². The van der Waals surface area contributed by atoms with Gasteiger partial charge in [0.05, 0.1) is 16.2 Å². The molecule has 4 rings (SSSR count). The summed E-state index contributed by atoms with van der Waals surface area (Å²) in [6, 6.07) is 14.6. The van der Waals surface area contributed by atoms with Crippen molar-refractivity contribution in [3.05, 3.63) is 66.0 Å². The van der Waals surface area contributed by atoms with Crippen LogP contribution in [-0.4, -0.2) is 31.7 Å². The van der Waals surface area contributed by atoms with E-state index >= 15 is 0 Å². The molecule has 2 aromatic carbocycles. The lowest BCUT2D eigenvalue weighted by atomic mass is 10.0. The Morgan fingerprint density at radius 3 is 2.33 bits per heavy atom. The average molecular weight is 427 g/mol. The Hall–Kier alpha value is -3.00. The van der Waals surface area contributed by atoms with Crippen LogP contribution in [0.25, 0.3) is 11.3 Å². The molecule has 3 aromatic rings. The molecule has 1 N–H and O–H groups in total. The quantitative estimate of drug-likeness (QED) is 0.655. The van der Waals surface area contributed by atoms with Crippen LogP contribution in [0.2, 0.25) is 0 Å². The summed E-state index contributed by atoms with van der Waals surface area (Å²) in [5.41, 5.74) is 2.51. The number of benzene rings is 2. The van der Waals surface area contributed by atoms with E-state index < -0.39 is 10.0 Å². The number of nitrogens with zero attached hydrogens (tertiary/aromatic N) is 3. The number of sulfonamides is 1. The van der Waals surface area contributed by atoms with Crippen LogP contribution in [0.15, 0.2) is 59.5 Å². The van der Waals surface area contributed by atoms with E-state index in [1.165, 1.54) is 30.7 Å². The molecule has 2 heterocycles. The third-order valence-electron chi connectivity index (χ3n) is 5.18. The van der Waals surface area contributed by atoms with E-state index in [0.717, 1.165) is 37.2 Å². The van der Waals surface area contributed by atoms with Crippen LogP contribution in [0.3, 0.4) is 0 Å². The molecule has 156 valence electrons. The van der Waals surface area contributed by atoms with E-state index in [2.05, 4.69) is 19.8 Å². The van der Waals surface area contributed by atoms with Crippen LogP contribution < -0.4 is 9.62 Å². The fourth-order valence-electron chi connectivity index (χ4n) is 3.60. The summed E-state index contributed by atoms with van der Waals surface area (Å²) in [4.78, 5) is 2.30. The smallest absolute Gasteiger partial charge is 0.263 e. The lowest BCUT2D eigenvalue weighted by Crippen LogP contribution is -2.30. The van der Waals surface area contributed by atoms with Crippen LogP contribution in [-0.2, 0) is 10.0 Å². The minimum Gasteiger partial charge on any atom is -0.371 e. The molecule has 6 nitrogen and oxygen atoms in total. The van der Waals surface area contributed by atoms with Gasteiger partial charge in [0, 0.05) is 18.8 Å². The number of hydrogen-bond acceptors (Lipinski definition) is 5. The van der Waals surface area contributed by atoms with Gasteiger partial charge in [-0.1, -0.05) is 23.8 Å². The Kier molecular flexibility index (Phi) is 5.67. The number of hydrogen-bond donors (Lipinski definition) is 1. The first-order valence-corrected chi connectivity index (χ1v) is 11.4. The SMILES string of the molecule is Cc1ccc(S(=O)(=O)Nc2ccc(-c3c(F)cccc3N3CCCCC3)nn2)cc1. The number of piperidine rings is 1. The molecule has 1 aromatic heterocycles. The molecule has 0 spiro atoms. The minimum absolute atomic E-state index is 0.0789. The van der Waals surface area contributed by atoms with Crippen molar-refractivity contribution in [1.82, 2.24) is 10.2 Å². The van der Waals surface area contributed by atoms with E-state index in [-0.39, 0.29) is 16.5 Å². The van der Waals surface area contributed by atoms with Gasteiger partial charge < -0.3 is 4.90 Å². The summed E-state index contributed by atoms with van der Waals surface area (Å²) in [5, 5.41) is 8.10. The van der Waals surface area contributed by atoms with Gasteiger partial charge in [-0.3, -0.25) is 4.72 Å². The number of nitrogens with one attached hydrogen (secondary N) is 1. The normalized spacial score (nSPS) is 14.5. The Balaban J connectivity index is 1.61. The predicted molar refractivity (Wildman–Crippen MR) is 115 cm³/mol. The van der Waals surface area contributed by atoms with Gasteiger partial charge in [-0.05, 0) is 62.6 Å². The van der Waals surface area contributed by atoms with Gasteiger partial charge >= 0.3 is 0 Å². The molecule has 0 aliphatic carbocycles. The van der Waals surface area contributed by atoms with Crippen LogP contribution >= 0.6 is 0 Å². The van der Waals surface area contributed by atoms with Gasteiger partial charge in [-0.2, -0.15) is 0 Å². The van der Waals surface area contributed by atoms with Crippen molar-refractivity contribution in [3.63, 3.8) is 0 Å². The highest BCUT2D eigenvalue weighted by atomic mass is 32.2. The number of halogens is 1. The van der Waals surface area contributed by atoms with Crippen molar-refractivity contribution >= 4 is 21.5 Å². The van der Waals surface area contributed by atoms with Gasteiger partial charge in [0.2, 0.25) is 0 Å². The van der Waals surface area contributed by atoms with E-state index in [0.29, 0.717) is 11.3 Å². The highest BCUT2D eigenvalue weighted by Gasteiger charge is 2.20. The summed E-state index contributed by atoms with van der Waals surface area (Å²) in [7, 11) is -3.78. The summed E-state index contributed by atoms with van der Waals surface area (Å²) in [6.07, 6.45) is 3.32. The van der Waals surface area contributed by atoms with E-state index in [4.69, 9.17) is 0 Å². The molecule has 1 aliphatic heterocycles. The maximum Gasteiger partial charge on any atom is 0.263 e. The van der Waals surface area contributed by atoms with Gasteiger partial charge in [-0.25, -0.2) is 12.8 Å². The van der Waals surface area contributed by atoms with Crippen LogP contribution in [0.4, 0.5) is 15.9 Å². The van der Waals surface area contributed by atoms with Gasteiger partial charge in [0.1, 0.15) is 5.82 Å². The standard InChI is InChI=1S/C22H23FN4O2S/c1-16-8-10-17(11-9-16)30(28,29)26-21-13-12-19(24-25-21)22-18(23)6-5-7-20(22)27-14-3-2-4-15-27/h5-13H,2-4,14-15H2,1H3,(H,25,26). The van der Waals surface area contributed by atoms with E-state index in [9.17, 15) is 12.8 Å². The van der Waals surface area contributed by atoms with E-state index in [1.807, 2.05) is 13.0 Å². The minimum atomic E-state index is -3.78. The zero-order valence-corrected chi connectivity index (χ0v) is 17.5. The second-order valence-corrected chi connectivity index (χ2v) is 9.09. The van der Waals surface area contributed by atoms with Gasteiger partial charge in [0.15, 0.2) is 5.82 Å². The van der Waals surface area contributed by atoms with Gasteiger partial charge in [-0.15, -0.1) is 10.2 Å². The molecule has 0 atom stereocenters. The van der Waals surface area contributed by atoms with Crippen molar-refractivity contribution < 1.29 is 12.8 Å². The largest absolute Gasteiger partial charge is 0.371 e. The fraction of sp³-hybridized carbons (Fsp3) is 0.273. The van der Waals surface area contributed by atoms with Crippen molar-refractivity contribution in [1.29, 1.82) is 0 Å². The lowest BCUT2D eigenvalue weighted by molar-refractivity contribution is 0.575. The highest BCUT2D eigenvalue weighted by Crippen LogP contribution is 2.33. The molecule has 0 unspecified atom stereocenters. The number of aromatic nitrogens is 2. The molecule has 1 saturated heterocycles. The monoisotopic (exact) mass is 426 g/mol. The molecule has 30 heavy (non-hydrogen) atoms. The van der Waals surface area contributed by atoms with Crippen molar-refractivity contribution in [2.45, 2.75) is 31.1 Å². The molecule has 0 saturated carbocycles. The molecule has 1 fully saturated rings. The van der Waals surface area contributed by atoms with Crippen LogP contribution in [0.5, 0.6) is 0 Å². The third-order valence-corrected chi connectivity index (χ3v) is 6.55. The Labute approximate surface area is 175 Å². The molecule has 0 radical (unpaired) electrons. The molecular weight excluding hydrogens is 403 g/mol. The Morgan fingerprint density at radius 2 is 1.67 bits per heavy atom. The molecule has 0 amide bonds. The van der Waals surface area contributed by atoms with Gasteiger partial charge in [0.25, 0.3) is 10.0 Å². The molecular formula is C22H23FN4O2S. The first kappa shape index (κ1) is 20.3. The lowest BCUT2D eigenvalue weighted by Gasteiger charge is -2.30. The Morgan fingerprint density at radius 1 is 0.933 bits per heavy atom. The van der Waals surface area contributed by atoms with Crippen molar-refractivity contribution in [3.8, 4) is 11.3 Å². The molecule has 0 bridgehead atoms. The maximum absolute atomic E-state index is 14.7. The second-order valence-electron chi connectivity index (χ2n) is 7.40. The molecule has 8 heteroatoms. The first-order valence-electron chi connectivity index (χ1n) is 9.91. The first-order chi connectivity index (χ1) is 14.4. The van der Waals surface area contributed by atoms with E-state index in [1.54, 1.807) is 24.3 Å². The zero-order valence-electron chi connectivity index (χ0n) is 16.7. The third kappa shape index (κ3) is 4.28. The number of rotatable bonds is 5.